The topological polar surface area (TPSA) is 66.3 Å². The van der Waals surface area contributed by atoms with Crippen molar-refractivity contribution in [2.75, 3.05) is 21.3 Å². The van der Waals surface area contributed by atoms with Crippen molar-refractivity contribution in [2.24, 2.45) is 4.99 Å². The van der Waals surface area contributed by atoms with Gasteiger partial charge in [-0.3, -0.25) is 0 Å². The van der Waals surface area contributed by atoms with Gasteiger partial charge in [0, 0.05) is 21.7 Å². The van der Waals surface area contributed by atoms with Crippen LogP contribution in [0.5, 0.6) is 17.2 Å². The highest BCUT2D eigenvalue weighted by atomic mass is 79.9. The monoisotopic (exact) mass is 417 g/mol. The van der Waals surface area contributed by atoms with E-state index in [9.17, 15) is 4.79 Å². The van der Waals surface area contributed by atoms with Crippen LogP contribution < -0.4 is 14.2 Å². The number of carbonyl (C=O) groups excluding carboxylic acids is 1. The molecule has 0 amide bonds. The third kappa shape index (κ3) is 3.57. The molecule has 0 radical (unpaired) electrons. The van der Waals surface area contributed by atoms with Crippen LogP contribution in [0, 0.1) is 0 Å². The number of ether oxygens (including phenoxy) is 4. The summed E-state index contributed by atoms with van der Waals surface area (Å²) in [5.41, 5.74) is 1.51. The summed E-state index contributed by atoms with van der Waals surface area (Å²) >= 11 is 3.37. The van der Waals surface area contributed by atoms with E-state index in [1.807, 2.05) is 24.3 Å². The quantitative estimate of drug-likeness (QED) is 0.546. The zero-order valence-corrected chi connectivity index (χ0v) is 16.0. The number of hydrogen-bond acceptors (Lipinski definition) is 6. The lowest BCUT2D eigenvalue weighted by Crippen LogP contribution is -2.05. The fourth-order valence-corrected chi connectivity index (χ4v) is 2.70. The van der Waals surface area contributed by atoms with E-state index in [4.69, 9.17) is 18.9 Å². The minimum Gasteiger partial charge on any atom is -0.496 e. The standard InChI is InChI=1S/C19H16BrNO5/c1-23-15-10-17(25-3)16(24-2)9-12(15)8-14-19(22)26-18(21-14)11-4-6-13(20)7-5-11/h4-10H,1-3H3/b14-8+. The molecule has 1 aliphatic heterocycles. The Hall–Kier alpha value is -2.80. The summed E-state index contributed by atoms with van der Waals surface area (Å²) in [7, 11) is 4.61. The number of rotatable bonds is 5. The lowest BCUT2D eigenvalue weighted by atomic mass is 10.1. The second-order valence-electron chi connectivity index (χ2n) is 5.29. The first kappa shape index (κ1) is 18.0. The van der Waals surface area contributed by atoms with Gasteiger partial charge in [-0.2, -0.15) is 0 Å². The van der Waals surface area contributed by atoms with Gasteiger partial charge in [-0.1, -0.05) is 15.9 Å². The maximum atomic E-state index is 12.2. The molecule has 3 rings (SSSR count). The third-order valence-electron chi connectivity index (χ3n) is 3.74. The molecule has 0 saturated carbocycles. The number of nitrogens with zero attached hydrogens (tertiary/aromatic N) is 1. The Morgan fingerprint density at radius 2 is 1.58 bits per heavy atom. The summed E-state index contributed by atoms with van der Waals surface area (Å²) in [6.07, 6.45) is 1.59. The largest absolute Gasteiger partial charge is 0.496 e. The van der Waals surface area contributed by atoms with Crippen molar-refractivity contribution < 1.29 is 23.7 Å². The van der Waals surface area contributed by atoms with Crippen LogP contribution in [0.15, 0.2) is 51.6 Å². The average Bonchev–Trinajstić information content (AvgIpc) is 3.02. The minimum absolute atomic E-state index is 0.174. The Kier molecular flexibility index (Phi) is 5.27. The van der Waals surface area contributed by atoms with Crippen LogP contribution in [-0.4, -0.2) is 33.2 Å². The number of cyclic esters (lactones) is 1. The highest BCUT2D eigenvalue weighted by Crippen LogP contribution is 2.36. The van der Waals surface area contributed by atoms with Crippen molar-refractivity contribution in [3.05, 3.63) is 57.7 Å². The van der Waals surface area contributed by atoms with Gasteiger partial charge in [0.1, 0.15) is 5.75 Å². The molecule has 0 unspecified atom stereocenters. The third-order valence-corrected chi connectivity index (χ3v) is 4.27. The highest BCUT2D eigenvalue weighted by Gasteiger charge is 2.25. The fourth-order valence-electron chi connectivity index (χ4n) is 2.44. The Labute approximate surface area is 159 Å². The molecule has 0 aliphatic carbocycles. The molecule has 26 heavy (non-hydrogen) atoms. The van der Waals surface area contributed by atoms with Crippen LogP contribution in [0.1, 0.15) is 11.1 Å². The number of benzene rings is 2. The SMILES string of the molecule is COc1cc(OC)c(OC)cc1/C=C1/N=C(c2ccc(Br)cc2)OC1=O. The zero-order valence-electron chi connectivity index (χ0n) is 14.4. The van der Waals surface area contributed by atoms with E-state index in [2.05, 4.69) is 20.9 Å². The first-order chi connectivity index (χ1) is 12.5. The van der Waals surface area contributed by atoms with E-state index >= 15 is 0 Å². The highest BCUT2D eigenvalue weighted by molar-refractivity contribution is 9.10. The van der Waals surface area contributed by atoms with Crippen LogP contribution in [0.3, 0.4) is 0 Å². The predicted molar refractivity (Wildman–Crippen MR) is 101 cm³/mol. The van der Waals surface area contributed by atoms with E-state index < -0.39 is 5.97 Å². The predicted octanol–water partition coefficient (Wildman–Crippen LogP) is 3.82. The number of aliphatic imine (C=N–C) groups is 1. The molecule has 7 heteroatoms. The van der Waals surface area contributed by atoms with E-state index in [1.165, 1.54) is 14.2 Å². The summed E-state index contributed by atoms with van der Waals surface area (Å²) in [4.78, 5) is 16.5. The zero-order chi connectivity index (χ0) is 18.7. The smallest absolute Gasteiger partial charge is 0.363 e. The van der Waals surface area contributed by atoms with Gasteiger partial charge in [0.2, 0.25) is 5.90 Å². The van der Waals surface area contributed by atoms with Gasteiger partial charge in [-0.15, -0.1) is 0 Å². The van der Waals surface area contributed by atoms with E-state index in [0.717, 1.165) is 4.47 Å². The second kappa shape index (κ2) is 7.61. The lowest BCUT2D eigenvalue weighted by Gasteiger charge is -2.12. The molecule has 2 aromatic rings. The minimum atomic E-state index is -0.528. The summed E-state index contributed by atoms with van der Waals surface area (Å²) in [6, 6.07) is 10.7. The first-order valence-corrected chi connectivity index (χ1v) is 8.43. The number of methoxy groups -OCH3 is 3. The molecular formula is C19H16BrNO5. The van der Waals surface area contributed by atoms with E-state index in [1.54, 1.807) is 25.3 Å². The van der Waals surface area contributed by atoms with Gasteiger partial charge >= 0.3 is 5.97 Å². The van der Waals surface area contributed by atoms with Gasteiger partial charge in [-0.05, 0) is 36.4 Å². The van der Waals surface area contributed by atoms with Crippen LogP contribution in [0.2, 0.25) is 0 Å². The molecular weight excluding hydrogens is 402 g/mol. The molecule has 0 N–H and O–H groups in total. The summed E-state index contributed by atoms with van der Waals surface area (Å²) < 4.78 is 22.1. The Morgan fingerprint density at radius 3 is 2.19 bits per heavy atom. The molecule has 0 bridgehead atoms. The van der Waals surface area contributed by atoms with E-state index in [-0.39, 0.29) is 11.6 Å². The molecule has 1 heterocycles. The van der Waals surface area contributed by atoms with E-state index in [0.29, 0.717) is 28.4 Å². The van der Waals surface area contributed by atoms with Gasteiger partial charge in [0.05, 0.1) is 21.3 Å². The molecule has 0 aromatic heterocycles. The van der Waals surface area contributed by atoms with Crippen molar-refractivity contribution in [1.82, 2.24) is 0 Å². The van der Waals surface area contributed by atoms with Crippen molar-refractivity contribution in [1.29, 1.82) is 0 Å². The van der Waals surface area contributed by atoms with Crippen LogP contribution in [0.4, 0.5) is 0 Å². The Balaban J connectivity index is 2.01. The Bertz CT molecular complexity index is 903. The molecule has 1 aliphatic rings. The maximum absolute atomic E-state index is 12.2. The van der Waals surface area contributed by atoms with Crippen LogP contribution >= 0.6 is 15.9 Å². The maximum Gasteiger partial charge on any atom is 0.363 e. The summed E-state index contributed by atoms with van der Waals surface area (Å²) in [5, 5.41) is 0. The number of carbonyl (C=O) groups is 1. The van der Waals surface area contributed by atoms with Crippen LogP contribution in [-0.2, 0) is 9.53 Å². The molecule has 6 nitrogen and oxygen atoms in total. The van der Waals surface area contributed by atoms with Gasteiger partial charge in [0.25, 0.3) is 0 Å². The molecule has 0 spiro atoms. The van der Waals surface area contributed by atoms with Crippen molar-refractivity contribution in [3.8, 4) is 17.2 Å². The average molecular weight is 418 g/mol. The van der Waals surface area contributed by atoms with Gasteiger partial charge in [-0.25, -0.2) is 9.79 Å². The number of halogens is 1. The van der Waals surface area contributed by atoms with Crippen molar-refractivity contribution >= 4 is 33.9 Å². The summed E-state index contributed by atoms with van der Waals surface area (Å²) in [6.45, 7) is 0. The van der Waals surface area contributed by atoms with Crippen molar-refractivity contribution in [3.63, 3.8) is 0 Å². The second-order valence-corrected chi connectivity index (χ2v) is 6.21. The molecule has 0 fully saturated rings. The van der Waals surface area contributed by atoms with Gasteiger partial charge in [0.15, 0.2) is 17.2 Å². The lowest BCUT2D eigenvalue weighted by molar-refractivity contribution is -0.129. The normalized spacial score (nSPS) is 14.8. The van der Waals surface area contributed by atoms with Crippen LogP contribution in [0.25, 0.3) is 6.08 Å². The van der Waals surface area contributed by atoms with Gasteiger partial charge < -0.3 is 18.9 Å². The first-order valence-electron chi connectivity index (χ1n) is 7.64. The van der Waals surface area contributed by atoms with Crippen molar-refractivity contribution in [2.45, 2.75) is 0 Å². The number of esters is 1. The molecule has 2 aromatic carbocycles. The molecule has 0 atom stereocenters. The fraction of sp³-hybridized carbons (Fsp3) is 0.158. The number of hydrogen-bond donors (Lipinski definition) is 0. The molecule has 134 valence electrons. The summed E-state index contributed by atoms with van der Waals surface area (Å²) in [5.74, 6) is 1.30. The Morgan fingerprint density at radius 1 is 0.962 bits per heavy atom. The molecule has 0 saturated heterocycles.